The number of carbonyl (C=O) groups is 3. The molecule has 0 spiro atoms. The number of hydrogen-bond acceptors (Lipinski definition) is 4. The van der Waals surface area contributed by atoms with Crippen LogP contribution >= 0.6 is 12.2 Å². The number of thiocarbonyl (C=S) groups is 1. The van der Waals surface area contributed by atoms with Gasteiger partial charge in [-0.25, -0.2) is 9.18 Å². The van der Waals surface area contributed by atoms with E-state index in [9.17, 15) is 18.8 Å². The van der Waals surface area contributed by atoms with Gasteiger partial charge >= 0.3 is 5.97 Å². The number of nitrogens with zero attached hydrogens (tertiary/aromatic N) is 2. The van der Waals surface area contributed by atoms with Crippen molar-refractivity contribution in [2.24, 2.45) is 0 Å². The Labute approximate surface area is 181 Å². The van der Waals surface area contributed by atoms with E-state index in [1.54, 1.807) is 35.0 Å². The summed E-state index contributed by atoms with van der Waals surface area (Å²) in [5, 5.41) is 11.4. The number of aromatic nitrogens is 1. The molecular weight excluding hydrogens is 421 g/mol. The van der Waals surface area contributed by atoms with E-state index in [1.807, 2.05) is 0 Å². The van der Waals surface area contributed by atoms with E-state index in [-0.39, 0.29) is 16.2 Å². The van der Waals surface area contributed by atoms with Crippen LogP contribution in [-0.2, 0) is 9.59 Å². The van der Waals surface area contributed by atoms with Crippen LogP contribution < -0.4 is 10.2 Å². The number of carboxylic acids is 1. The van der Waals surface area contributed by atoms with Crippen LogP contribution in [0.2, 0.25) is 0 Å². The molecule has 2 heterocycles. The van der Waals surface area contributed by atoms with Crippen molar-refractivity contribution in [3.05, 3.63) is 89.5 Å². The minimum atomic E-state index is -1.04. The molecule has 31 heavy (non-hydrogen) atoms. The lowest BCUT2D eigenvalue weighted by Gasteiger charge is -2.28. The standard InChI is InChI=1S/C22H14FN3O4S/c23-14-5-9-16(10-6-14)26-20(28)18(19(27)24-22(26)31)12-17-2-1-11-25(17)15-7-3-13(4-8-15)21(29)30/h1-12H,(H,29,30)(H,24,27,31). The van der Waals surface area contributed by atoms with Crippen LogP contribution in [0.5, 0.6) is 0 Å². The van der Waals surface area contributed by atoms with Crippen molar-refractivity contribution in [1.82, 2.24) is 9.88 Å². The Kier molecular flexibility index (Phi) is 5.18. The first-order chi connectivity index (χ1) is 14.8. The van der Waals surface area contributed by atoms with Gasteiger partial charge in [-0.05, 0) is 79.0 Å². The molecule has 1 fully saturated rings. The van der Waals surface area contributed by atoms with E-state index >= 15 is 0 Å². The van der Waals surface area contributed by atoms with Crippen LogP contribution in [-0.4, -0.2) is 32.6 Å². The molecule has 154 valence electrons. The van der Waals surface area contributed by atoms with Gasteiger partial charge in [0.05, 0.1) is 11.3 Å². The van der Waals surface area contributed by atoms with E-state index in [0.29, 0.717) is 17.1 Å². The third kappa shape index (κ3) is 3.86. The quantitative estimate of drug-likeness (QED) is 0.373. The molecule has 4 rings (SSSR count). The summed E-state index contributed by atoms with van der Waals surface area (Å²) < 4.78 is 15.0. The van der Waals surface area contributed by atoms with E-state index in [4.69, 9.17) is 17.3 Å². The maximum atomic E-state index is 13.3. The van der Waals surface area contributed by atoms with Gasteiger partial charge in [-0.3, -0.25) is 19.8 Å². The molecule has 0 radical (unpaired) electrons. The molecule has 0 atom stereocenters. The summed E-state index contributed by atoms with van der Waals surface area (Å²) >= 11 is 5.13. The highest BCUT2D eigenvalue weighted by molar-refractivity contribution is 7.80. The highest BCUT2D eigenvalue weighted by Crippen LogP contribution is 2.23. The average molecular weight is 435 g/mol. The lowest BCUT2D eigenvalue weighted by molar-refractivity contribution is -0.122. The first kappa shape index (κ1) is 20.2. The van der Waals surface area contributed by atoms with Gasteiger partial charge in [0, 0.05) is 17.6 Å². The van der Waals surface area contributed by atoms with Gasteiger partial charge in [-0.15, -0.1) is 0 Å². The van der Waals surface area contributed by atoms with Gasteiger partial charge in [0.2, 0.25) is 0 Å². The lowest BCUT2D eigenvalue weighted by atomic mass is 10.1. The van der Waals surface area contributed by atoms with Crippen molar-refractivity contribution in [2.45, 2.75) is 0 Å². The molecule has 7 nitrogen and oxygen atoms in total. The van der Waals surface area contributed by atoms with Gasteiger partial charge in [-0.1, -0.05) is 0 Å². The Hall–Kier alpha value is -4.11. The zero-order valence-electron chi connectivity index (χ0n) is 15.8. The van der Waals surface area contributed by atoms with E-state index in [2.05, 4.69) is 5.32 Å². The number of benzene rings is 2. The predicted molar refractivity (Wildman–Crippen MR) is 115 cm³/mol. The summed E-state index contributed by atoms with van der Waals surface area (Å²) in [7, 11) is 0. The number of nitrogens with one attached hydrogen (secondary N) is 1. The minimum Gasteiger partial charge on any atom is -0.478 e. The first-order valence-electron chi connectivity index (χ1n) is 9.03. The average Bonchev–Trinajstić information content (AvgIpc) is 3.20. The number of carboxylic acid groups (broad SMARTS) is 1. The molecule has 1 aliphatic rings. The number of anilines is 1. The molecule has 0 aliphatic carbocycles. The maximum Gasteiger partial charge on any atom is 0.335 e. The monoisotopic (exact) mass is 435 g/mol. The summed E-state index contributed by atoms with van der Waals surface area (Å²) in [6.45, 7) is 0. The molecule has 1 saturated heterocycles. The second-order valence-electron chi connectivity index (χ2n) is 6.59. The van der Waals surface area contributed by atoms with E-state index in [0.717, 1.165) is 4.90 Å². The molecule has 2 N–H and O–H groups in total. The number of aromatic carboxylic acids is 1. The summed E-state index contributed by atoms with van der Waals surface area (Å²) in [4.78, 5) is 37.7. The molecule has 0 saturated carbocycles. The minimum absolute atomic E-state index is 0.0987. The maximum absolute atomic E-state index is 13.3. The Bertz CT molecular complexity index is 1250. The van der Waals surface area contributed by atoms with Crippen molar-refractivity contribution in [1.29, 1.82) is 0 Å². The fraction of sp³-hybridized carbons (Fsp3) is 0. The fourth-order valence-corrected chi connectivity index (χ4v) is 3.42. The number of hydrogen-bond donors (Lipinski definition) is 2. The van der Waals surface area contributed by atoms with Crippen LogP contribution in [0.1, 0.15) is 16.1 Å². The lowest BCUT2D eigenvalue weighted by Crippen LogP contribution is -2.54. The van der Waals surface area contributed by atoms with Crippen molar-refractivity contribution >= 4 is 46.9 Å². The zero-order valence-corrected chi connectivity index (χ0v) is 16.6. The third-order valence-corrected chi connectivity index (χ3v) is 4.94. The molecule has 2 aromatic carbocycles. The molecule has 0 bridgehead atoms. The molecular formula is C22H14FN3O4S. The molecule has 1 aromatic heterocycles. The normalized spacial score (nSPS) is 15.3. The van der Waals surface area contributed by atoms with Crippen molar-refractivity contribution in [2.75, 3.05) is 4.90 Å². The van der Waals surface area contributed by atoms with E-state index < -0.39 is 23.6 Å². The van der Waals surface area contributed by atoms with Crippen molar-refractivity contribution < 1.29 is 23.9 Å². The highest BCUT2D eigenvalue weighted by Gasteiger charge is 2.34. The summed E-state index contributed by atoms with van der Waals surface area (Å²) in [5.41, 5.74) is 1.48. The van der Waals surface area contributed by atoms with Gasteiger partial charge < -0.3 is 9.67 Å². The number of halogens is 1. The van der Waals surface area contributed by atoms with Crippen molar-refractivity contribution in [3.8, 4) is 5.69 Å². The van der Waals surface area contributed by atoms with Gasteiger partial charge in [-0.2, -0.15) is 0 Å². The molecule has 3 aromatic rings. The van der Waals surface area contributed by atoms with Gasteiger partial charge in [0.25, 0.3) is 11.8 Å². The molecule has 0 unspecified atom stereocenters. The van der Waals surface area contributed by atoms with E-state index in [1.165, 1.54) is 42.5 Å². The molecule has 2 amide bonds. The topological polar surface area (TPSA) is 91.6 Å². The number of rotatable bonds is 4. The molecule has 1 aliphatic heterocycles. The Morgan fingerprint density at radius 3 is 2.29 bits per heavy atom. The number of carbonyl (C=O) groups excluding carboxylic acids is 2. The van der Waals surface area contributed by atoms with Crippen LogP contribution in [0.3, 0.4) is 0 Å². The summed E-state index contributed by atoms with van der Waals surface area (Å²) in [6, 6.07) is 14.8. The Morgan fingerprint density at radius 1 is 1.00 bits per heavy atom. The van der Waals surface area contributed by atoms with Crippen LogP contribution in [0.15, 0.2) is 72.4 Å². The van der Waals surface area contributed by atoms with Crippen LogP contribution in [0.4, 0.5) is 10.1 Å². The second-order valence-corrected chi connectivity index (χ2v) is 6.98. The SMILES string of the molecule is O=C1NC(=S)N(c2ccc(F)cc2)C(=O)C1=Cc1cccn1-c1ccc(C(=O)O)cc1. The summed E-state index contributed by atoms with van der Waals surface area (Å²) in [6.07, 6.45) is 3.14. The van der Waals surface area contributed by atoms with Crippen molar-refractivity contribution in [3.63, 3.8) is 0 Å². The zero-order chi connectivity index (χ0) is 22.1. The first-order valence-corrected chi connectivity index (χ1v) is 9.44. The number of amides is 2. The largest absolute Gasteiger partial charge is 0.478 e. The van der Waals surface area contributed by atoms with Crippen LogP contribution in [0, 0.1) is 5.82 Å². The smallest absolute Gasteiger partial charge is 0.335 e. The highest BCUT2D eigenvalue weighted by atomic mass is 32.1. The third-order valence-electron chi connectivity index (χ3n) is 4.65. The fourth-order valence-electron chi connectivity index (χ4n) is 3.14. The van der Waals surface area contributed by atoms with Crippen LogP contribution in [0.25, 0.3) is 11.8 Å². The van der Waals surface area contributed by atoms with Gasteiger partial charge in [0.1, 0.15) is 11.4 Å². The Balaban J connectivity index is 1.71. The predicted octanol–water partition coefficient (Wildman–Crippen LogP) is 3.15. The van der Waals surface area contributed by atoms with Gasteiger partial charge in [0.15, 0.2) is 5.11 Å². The molecule has 9 heteroatoms. The summed E-state index contributed by atoms with van der Waals surface area (Å²) in [5.74, 6) is -2.80. The Morgan fingerprint density at radius 2 is 1.65 bits per heavy atom. The second kappa shape index (κ2) is 7.96.